The molecular formula is C21H23ClN4S. The summed E-state index contributed by atoms with van der Waals surface area (Å²) in [5.41, 5.74) is 2.72. The Morgan fingerprint density at radius 3 is 2.74 bits per heavy atom. The van der Waals surface area contributed by atoms with Crippen LogP contribution in [0.1, 0.15) is 23.8 Å². The van der Waals surface area contributed by atoms with Crippen molar-refractivity contribution in [2.45, 2.75) is 26.2 Å². The molecule has 4 nitrogen and oxygen atoms in total. The third kappa shape index (κ3) is 3.17. The Balaban J connectivity index is 1.42. The first-order valence-electron chi connectivity index (χ1n) is 9.70. The van der Waals surface area contributed by atoms with Crippen molar-refractivity contribution in [2.75, 3.05) is 36.0 Å². The average molecular weight is 399 g/mol. The van der Waals surface area contributed by atoms with Crippen molar-refractivity contribution in [3.05, 3.63) is 46.1 Å². The molecule has 0 bridgehead atoms. The van der Waals surface area contributed by atoms with Gasteiger partial charge in [-0.05, 0) is 48.9 Å². The zero-order valence-corrected chi connectivity index (χ0v) is 17.1. The lowest BCUT2D eigenvalue weighted by Gasteiger charge is -2.37. The maximum atomic E-state index is 6.17. The quantitative estimate of drug-likeness (QED) is 0.620. The van der Waals surface area contributed by atoms with Crippen LogP contribution in [0.2, 0.25) is 5.02 Å². The largest absolute Gasteiger partial charge is 0.368 e. The highest BCUT2D eigenvalue weighted by Crippen LogP contribution is 2.40. The minimum Gasteiger partial charge on any atom is -0.368 e. The number of piperazine rings is 1. The van der Waals surface area contributed by atoms with E-state index in [1.807, 2.05) is 23.5 Å². The molecule has 1 fully saturated rings. The van der Waals surface area contributed by atoms with Crippen LogP contribution in [0, 0.1) is 5.92 Å². The number of fused-ring (bicyclic) bond motifs is 3. The van der Waals surface area contributed by atoms with E-state index in [0.29, 0.717) is 0 Å². The molecule has 140 valence electrons. The van der Waals surface area contributed by atoms with Gasteiger partial charge in [-0.2, -0.15) is 0 Å². The van der Waals surface area contributed by atoms with E-state index in [0.717, 1.165) is 47.8 Å². The van der Waals surface area contributed by atoms with Crippen LogP contribution in [-0.2, 0) is 12.8 Å². The standard InChI is InChI=1S/C21H23ClN4S/c1-14-5-6-17-18(11-14)27-21-19(17)20(23-13-24-21)26-9-7-25(8-10-26)16-4-2-3-15(22)12-16/h2-4,12-14H,5-11H2,1H3. The van der Waals surface area contributed by atoms with Crippen molar-refractivity contribution in [2.24, 2.45) is 5.92 Å². The summed E-state index contributed by atoms with van der Waals surface area (Å²) >= 11 is 8.04. The lowest BCUT2D eigenvalue weighted by molar-refractivity contribution is 0.509. The number of hydrogen-bond acceptors (Lipinski definition) is 5. The fraction of sp³-hybridized carbons (Fsp3) is 0.429. The van der Waals surface area contributed by atoms with Gasteiger partial charge < -0.3 is 9.80 Å². The van der Waals surface area contributed by atoms with Crippen LogP contribution in [0.3, 0.4) is 0 Å². The highest BCUT2D eigenvalue weighted by Gasteiger charge is 2.26. The molecule has 0 amide bonds. The predicted molar refractivity (Wildman–Crippen MR) is 114 cm³/mol. The fourth-order valence-electron chi connectivity index (χ4n) is 4.35. The van der Waals surface area contributed by atoms with Crippen LogP contribution in [-0.4, -0.2) is 36.1 Å². The van der Waals surface area contributed by atoms with Crippen LogP contribution in [0.5, 0.6) is 0 Å². The second-order valence-corrected chi connectivity index (χ2v) is 9.20. The summed E-state index contributed by atoms with van der Waals surface area (Å²) in [6.45, 7) is 6.26. The zero-order chi connectivity index (χ0) is 18.4. The van der Waals surface area contributed by atoms with Crippen LogP contribution in [0.15, 0.2) is 30.6 Å². The van der Waals surface area contributed by atoms with Gasteiger partial charge in [0.2, 0.25) is 0 Å². The molecule has 2 aromatic heterocycles. The lowest BCUT2D eigenvalue weighted by Crippen LogP contribution is -2.47. The van der Waals surface area contributed by atoms with E-state index in [1.54, 1.807) is 6.33 Å². The summed E-state index contributed by atoms with van der Waals surface area (Å²) in [6.07, 6.45) is 5.37. The molecule has 6 heteroatoms. The van der Waals surface area contributed by atoms with Crippen molar-refractivity contribution >= 4 is 44.7 Å². The zero-order valence-electron chi connectivity index (χ0n) is 15.5. The number of hydrogen-bond donors (Lipinski definition) is 0. The first kappa shape index (κ1) is 17.3. The second kappa shape index (κ2) is 6.95. The van der Waals surface area contributed by atoms with Crippen molar-refractivity contribution in [3.8, 4) is 0 Å². The Kier molecular flexibility index (Phi) is 4.44. The summed E-state index contributed by atoms with van der Waals surface area (Å²) in [4.78, 5) is 16.9. The second-order valence-electron chi connectivity index (χ2n) is 7.68. The first-order valence-corrected chi connectivity index (χ1v) is 10.9. The van der Waals surface area contributed by atoms with E-state index in [4.69, 9.17) is 16.6 Å². The Hall–Kier alpha value is -1.85. The number of rotatable bonds is 2. The fourth-order valence-corrected chi connectivity index (χ4v) is 5.88. The number of anilines is 2. The van der Waals surface area contributed by atoms with Crippen molar-refractivity contribution in [1.29, 1.82) is 0 Å². The molecule has 1 unspecified atom stereocenters. The molecule has 0 N–H and O–H groups in total. The number of aromatic nitrogens is 2. The molecule has 1 aliphatic carbocycles. The lowest BCUT2D eigenvalue weighted by atomic mass is 9.89. The van der Waals surface area contributed by atoms with Gasteiger partial charge in [0.25, 0.3) is 0 Å². The van der Waals surface area contributed by atoms with Crippen molar-refractivity contribution < 1.29 is 0 Å². The van der Waals surface area contributed by atoms with Gasteiger partial charge in [0.1, 0.15) is 17.0 Å². The Bertz CT molecular complexity index is 977. The number of thiophene rings is 1. The molecular weight excluding hydrogens is 376 g/mol. The summed E-state index contributed by atoms with van der Waals surface area (Å²) in [5, 5.41) is 2.12. The van der Waals surface area contributed by atoms with Gasteiger partial charge >= 0.3 is 0 Å². The first-order chi connectivity index (χ1) is 13.2. The molecule has 1 aromatic carbocycles. The highest BCUT2D eigenvalue weighted by molar-refractivity contribution is 7.19. The maximum Gasteiger partial charge on any atom is 0.141 e. The monoisotopic (exact) mass is 398 g/mol. The van der Waals surface area contributed by atoms with Crippen LogP contribution in [0.25, 0.3) is 10.2 Å². The van der Waals surface area contributed by atoms with Crippen LogP contribution < -0.4 is 9.80 Å². The molecule has 0 radical (unpaired) electrons. The normalized spacial score (nSPS) is 20.1. The minimum atomic E-state index is 0.781. The molecule has 1 aliphatic heterocycles. The van der Waals surface area contributed by atoms with Gasteiger partial charge in [-0.15, -0.1) is 11.3 Å². The molecule has 3 heterocycles. The molecule has 27 heavy (non-hydrogen) atoms. The average Bonchev–Trinajstić information content (AvgIpc) is 3.05. The van der Waals surface area contributed by atoms with Gasteiger partial charge in [-0.3, -0.25) is 0 Å². The predicted octanol–water partition coefficient (Wildman–Crippen LogP) is 4.80. The molecule has 1 atom stereocenters. The molecule has 0 saturated carbocycles. The molecule has 3 aromatic rings. The molecule has 5 rings (SSSR count). The van der Waals surface area contributed by atoms with Crippen LogP contribution >= 0.6 is 22.9 Å². The third-order valence-electron chi connectivity index (χ3n) is 5.82. The van der Waals surface area contributed by atoms with E-state index in [2.05, 4.69) is 33.8 Å². The Morgan fingerprint density at radius 1 is 1.11 bits per heavy atom. The van der Waals surface area contributed by atoms with Gasteiger partial charge in [0, 0.05) is 41.8 Å². The van der Waals surface area contributed by atoms with E-state index in [-0.39, 0.29) is 0 Å². The Morgan fingerprint density at radius 2 is 1.93 bits per heavy atom. The number of halogens is 1. The topological polar surface area (TPSA) is 32.3 Å². The summed E-state index contributed by atoms with van der Waals surface area (Å²) in [6, 6.07) is 8.15. The summed E-state index contributed by atoms with van der Waals surface area (Å²) in [5.74, 6) is 1.92. The summed E-state index contributed by atoms with van der Waals surface area (Å²) < 4.78 is 0. The molecule has 2 aliphatic rings. The van der Waals surface area contributed by atoms with Gasteiger partial charge in [-0.1, -0.05) is 24.6 Å². The van der Waals surface area contributed by atoms with E-state index in [9.17, 15) is 0 Å². The van der Waals surface area contributed by atoms with E-state index < -0.39 is 0 Å². The van der Waals surface area contributed by atoms with Gasteiger partial charge in [0.05, 0.1) is 5.39 Å². The van der Waals surface area contributed by atoms with Crippen molar-refractivity contribution in [3.63, 3.8) is 0 Å². The van der Waals surface area contributed by atoms with Gasteiger partial charge in [0.15, 0.2) is 0 Å². The minimum absolute atomic E-state index is 0.781. The number of benzene rings is 1. The van der Waals surface area contributed by atoms with E-state index >= 15 is 0 Å². The third-order valence-corrected chi connectivity index (χ3v) is 7.22. The maximum absolute atomic E-state index is 6.17. The summed E-state index contributed by atoms with van der Waals surface area (Å²) in [7, 11) is 0. The molecule has 1 saturated heterocycles. The Labute approximate surface area is 168 Å². The SMILES string of the molecule is CC1CCc2c(sc3ncnc(N4CCN(c5cccc(Cl)c5)CC4)c23)C1. The van der Waals surface area contributed by atoms with Gasteiger partial charge in [-0.25, -0.2) is 9.97 Å². The number of nitrogens with zero attached hydrogens (tertiary/aromatic N) is 4. The van der Waals surface area contributed by atoms with Crippen LogP contribution in [0.4, 0.5) is 11.5 Å². The number of aryl methyl sites for hydroxylation is 1. The van der Waals surface area contributed by atoms with E-state index in [1.165, 1.54) is 40.8 Å². The molecule has 0 spiro atoms. The smallest absolute Gasteiger partial charge is 0.141 e. The highest BCUT2D eigenvalue weighted by atomic mass is 35.5. The van der Waals surface area contributed by atoms with Crippen molar-refractivity contribution in [1.82, 2.24) is 9.97 Å².